The Hall–Kier alpha value is -0.560. The number of hydrogen-bond acceptors (Lipinski definition) is 3. The lowest BCUT2D eigenvalue weighted by Crippen LogP contribution is -2.19. The van der Waals surface area contributed by atoms with Gasteiger partial charge in [-0.05, 0) is 53.4 Å². The normalized spacial score (nSPS) is 11.5. The summed E-state index contributed by atoms with van der Waals surface area (Å²) in [6.45, 7) is 12.3. The van der Waals surface area contributed by atoms with Gasteiger partial charge in [0.25, 0.3) is 0 Å². The van der Waals surface area contributed by atoms with Gasteiger partial charge in [0, 0.05) is 26.2 Å². The molecule has 118 valence electrons. The molecule has 0 heterocycles. The lowest BCUT2D eigenvalue weighted by Gasteiger charge is -2.19. The maximum Gasteiger partial charge on any atom is 0.222 e. The molecule has 20 heavy (non-hydrogen) atoms. The van der Waals surface area contributed by atoms with E-state index in [1.807, 2.05) is 13.8 Å². The van der Waals surface area contributed by atoms with E-state index in [0.717, 1.165) is 25.9 Å². The molecule has 0 aliphatic heterocycles. The maximum atomic E-state index is 5.68. The zero-order valence-corrected chi connectivity index (χ0v) is 14.0. The first kappa shape index (κ1) is 19.4. The zero-order chi connectivity index (χ0) is 15.3. The Labute approximate surface area is 125 Å². The van der Waals surface area contributed by atoms with Gasteiger partial charge in [-0.25, -0.2) is 0 Å². The van der Waals surface area contributed by atoms with Crippen LogP contribution in [0.2, 0.25) is 0 Å². The van der Waals surface area contributed by atoms with Gasteiger partial charge >= 0.3 is 0 Å². The average Bonchev–Trinajstić information content (AvgIpc) is 2.36. The van der Waals surface area contributed by atoms with E-state index in [4.69, 9.17) is 14.2 Å². The highest BCUT2D eigenvalue weighted by Gasteiger charge is 2.08. The molecule has 3 nitrogen and oxygen atoms in total. The molecular formula is C17H32O3. The van der Waals surface area contributed by atoms with E-state index in [9.17, 15) is 0 Å². The van der Waals surface area contributed by atoms with Crippen molar-refractivity contribution in [2.24, 2.45) is 0 Å². The summed E-state index contributed by atoms with van der Waals surface area (Å²) in [5.74, 6) is 6.16. The average molecular weight is 284 g/mol. The Morgan fingerprint density at radius 2 is 1.50 bits per heavy atom. The van der Waals surface area contributed by atoms with Crippen LogP contribution < -0.4 is 0 Å². The van der Waals surface area contributed by atoms with E-state index in [2.05, 4.69) is 32.6 Å². The first-order valence-corrected chi connectivity index (χ1v) is 7.85. The van der Waals surface area contributed by atoms with Crippen LogP contribution in [0.4, 0.5) is 0 Å². The number of ether oxygens (including phenoxy) is 3. The third-order valence-corrected chi connectivity index (χ3v) is 2.59. The van der Waals surface area contributed by atoms with Gasteiger partial charge in [-0.3, -0.25) is 0 Å². The molecular weight excluding hydrogens is 252 g/mol. The molecule has 0 N–H and O–H groups in total. The van der Waals surface area contributed by atoms with Crippen molar-refractivity contribution in [1.29, 1.82) is 0 Å². The predicted molar refractivity (Wildman–Crippen MR) is 83.6 cm³/mol. The smallest absolute Gasteiger partial charge is 0.222 e. The van der Waals surface area contributed by atoms with E-state index >= 15 is 0 Å². The number of unbranched alkanes of at least 4 members (excludes halogenated alkanes) is 4. The molecule has 0 spiro atoms. The van der Waals surface area contributed by atoms with Crippen LogP contribution >= 0.6 is 0 Å². The fourth-order valence-corrected chi connectivity index (χ4v) is 1.64. The summed E-state index contributed by atoms with van der Waals surface area (Å²) in [5.41, 5.74) is -0.0148. The summed E-state index contributed by atoms with van der Waals surface area (Å²) in [7, 11) is 0. The van der Waals surface area contributed by atoms with Crippen LogP contribution in [-0.2, 0) is 14.2 Å². The van der Waals surface area contributed by atoms with E-state index in [1.165, 1.54) is 12.8 Å². The second-order valence-corrected chi connectivity index (χ2v) is 5.69. The quantitative estimate of drug-likeness (QED) is 0.342. The fraction of sp³-hybridized carbons (Fsp3) is 0.882. The van der Waals surface area contributed by atoms with E-state index in [1.54, 1.807) is 0 Å². The molecule has 0 aromatic rings. The minimum atomic E-state index is -0.356. The van der Waals surface area contributed by atoms with E-state index in [0.29, 0.717) is 13.2 Å². The molecule has 3 heteroatoms. The molecule has 0 atom stereocenters. The summed E-state index contributed by atoms with van der Waals surface area (Å²) in [5, 5.41) is 0. The molecule has 0 saturated heterocycles. The van der Waals surface area contributed by atoms with Gasteiger partial charge in [0.1, 0.15) is 0 Å². The minimum Gasteiger partial charge on any atom is -0.376 e. The summed E-state index contributed by atoms with van der Waals surface area (Å²) < 4.78 is 16.4. The van der Waals surface area contributed by atoms with Crippen LogP contribution in [0.3, 0.4) is 0 Å². The summed E-state index contributed by atoms with van der Waals surface area (Å²) in [6.07, 6.45) is 5.23. The van der Waals surface area contributed by atoms with Crippen LogP contribution in [0.25, 0.3) is 0 Å². The molecule has 0 rings (SSSR count). The Kier molecular flexibility index (Phi) is 11.9. The molecule has 0 aromatic heterocycles. The zero-order valence-electron chi connectivity index (χ0n) is 14.0. The van der Waals surface area contributed by atoms with Gasteiger partial charge in [-0.15, -0.1) is 0 Å². The van der Waals surface area contributed by atoms with Crippen LogP contribution in [0, 0.1) is 11.8 Å². The Morgan fingerprint density at radius 1 is 0.900 bits per heavy atom. The fourth-order valence-electron chi connectivity index (χ4n) is 1.64. The largest absolute Gasteiger partial charge is 0.376 e. The third kappa shape index (κ3) is 13.9. The standard InChI is InChI=1S/C17H32O3/c1-6-18-16(19-7-2)14-12-10-8-9-11-13-15-20-17(3,4)5/h16H,6-11,13,15H2,1-5H3. The van der Waals surface area contributed by atoms with Crippen molar-refractivity contribution in [1.82, 2.24) is 0 Å². The third-order valence-electron chi connectivity index (χ3n) is 2.59. The summed E-state index contributed by atoms with van der Waals surface area (Å²) in [6, 6.07) is 0. The van der Waals surface area contributed by atoms with Crippen molar-refractivity contribution in [2.45, 2.75) is 78.6 Å². The van der Waals surface area contributed by atoms with Crippen LogP contribution in [0.1, 0.15) is 66.7 Å². The van der Waals surface area contributed by atoms with Crippen molar-refractivity contribution in [3.05, 3.63) is 0 Å². The molecule has 0 bridgehead atoms. The van der Waals surface area contributed by atoms with Crippen LogP contribution in [-0.4, -0.2) is 31.7 Å². The van der Waals surface area contributed by atoms with E-state index in [-0.39, 0.29) is 11.9 Å². The van der Waals surface area contributed by atoms with Gasteiger partial charge in [-0.1, -0.05) is 18.8 Å². The van der Waals surface area contributed by atoms with Gasteiger partial charge < -0.3 is 14.2 Å². The molecule has 0 saturated carbocycles. The molecule has 0 aliphatic carbocycles. The minimum absolute atomic E-state index is 0.0148. The Balaban J connectivity index is 3.51. The first-order chi connectivity index (χ1) is 9.49. The lowest BCUT2D eigenvalue weighted by atomic mass is 10.1. The SMILES string of the molecule is CCOC(C#CCCCCCCOC(C)(C)C)OCC. The van der Waals surface area contributed by atoms with Gasteiger partial charge in [0.05, 0.1) is 5.60 Å². The highest BCUT2D eigenvalue weighted by Crippen LogP contribution is 2.09. The molecule has 0 radical (unpaired) electrons. The van der Waals surface area contributed by atoms with Crippen molar-refractivity contribution in [3.63, 3.8) is 0 Å². The number of rotatable bonds is 10. The van der Waals surface area contributed by atoms with E-state index < -0.39 is 0 Å². The predicted octanol–water partition coefficient (Wildman–Crippen LogP) is 4.15. The second kappa shape index (κ2) is 12.2. The van der Waals surface area contributed by atoms with Gasteiger partial charge in [0.15, 0.2) is 0 Å². The second-order valence-electron chi connectivity index (χ2n) is 5.69. The molecule has 0 amide bonds. The maximum absolute atomic E-state index is 5.68. The Bertz CT molecular complexity index is 264. The molecule has 0 aromatic carbocycles. The summed E-state index contributed by atoms with van der Waals surface area (Å²) in [4.78, 5) is 0. The summed E-state index contributed by atoms with van der Waals surface area (Å²) >= 11 is 0. The van der Waals surface area contributed by atoms with Crippen molar-refractivity contribution >= 4 is 0 Å². The lowest BCUT2D eigenvalue weighted by molar-refractivity contribution is -0.0970. The molecule has 0 aliphatic rings. The monoisotopic (exact) mass is 284 g/mol. The van der Waals surface area contributed by atoms with Gasteiger partial charge in [0.2, 0.25) is 6.29 Å². The Morgan fingerprint density at radius 3 is 2.05 bits per heavy atom. The van der Waals surface area contributed by atoms with Gasteiger partial charge in [-0.2, -0.15) is 0 Å². The van der Waals surface area contributed by atoms with Crippen molar-refractivity contribution in [3.8, 4) is 11.8 Å². The van der Waals surface area contributed by atoms with Crippen molar-refractivity contribution in [2.75, 3.05) is 19.8 Å². The highest BCUT2D eigenvalue weighted by atomic mass is 16.7. The number of hydrogen-bond donors (Lipinski definition) is 0. The highest BCUT2D eigenvalue weighted by molar-refractivity contribution is 5.02. The van der Waals surface area contributed by atoms with Crippen LogP contribution in [0.5, 0.6) is 0 Å². The topological polar surface area (TPSA) is 27.7 Å². The van der Waals surface area contributed by atoms with Crippen LogP contribution in [0.15, 0.2) is 0 Å². The first-order valence-electron chi connectivity index (χ1n) is 7.85. The molecule has 0 fully saturated rings. The van der Waals surface area contributed by atoms with Crippen molar-refractivity contribution < 1.29 is 14.2 Å². The molecule has 0 unspecified atom stereocenters.